The van der Waals surface area contributed by atoms with Gasteiger partial charge in [-0.3, -0.25) is 4.79 Å². The maximum atomic E-state index is 12.5. The number of anilines is 1. The fraction of sp³-hybridized carbons (Fsp3) is 0.333. The van der Waals surface area contributed by atoms with Crippen LogP contribution in [0.4, 0.5) is 18.9 Å². The van der Waals surface area contributed by atoms with Gasteiger partial charge in [0.2, 0.25) is 0 Å². The summed E-state index contributed by atoms with van der Waals surface area (Å²) in [7, 11) is 0. The van der Waals surface area contributed by atoms with Crippen molar-refractivity contribution < 1.29 is 18.0 Å². The molecule has 18 heavy (non-hydrogen) atoms. The normalized spacial score (nSPS) is 20.0. The standard InChI is InChI=1S/C12H9F3N2O/c13-12(14,15)9-2-1-3-10(4-9)17-6-8(5-16)11(18)7-17/h1-4,8H,6-7H2/t8-/m0/s1. The Bertz CT molecular complexity index is 519. The Morgan fingerprint density at radius 1 is 1.39 bits per heavy atom. The lowest BCUT2D eigenvalue weighted by Crippen LogP contribution is -2.20. The van der Waals surface area contributed by atoms with Crippen LogP contribution in [0, 0.1) is 17.2 Å². The van der Waals surface area contributed by atoms with Crippen LogP contribution < -0.4 is 4.90 Å². The van der Waals surface area contributed by atoms with Gasteiger partial charge in [0, 0.05) is 12.2 Å². The summed E-state index contributed by atoms with van der Waals surface area (Å²) in [5.41, 5.74) is -0.441. The molecule has 0 aromatic heterocycles. The van der Waals surface area contributed by atoms with Gasteiger partial charge in [0.05, 0.1) is 18.2 Å². The van der Waals surface area contributed by atoms with E-state index in [1.165, 1.54) is 17.0 Å². The van der Waals surface area contributed by atoms with Gasteiger partial charge in [0.1, 0.15) is 5.92 Å². The van der Waals surface area contributed by atoms with Gasteiger partial charge in [0.25, 0.3) is 0 Å². The molecule has 0 spiro atoms. The maximum Gasteiger partial charge on any atom is 0.416 e. The molecule has 3 nitrogen and oxygen atoms in total. The van der Waals surface area contributed by atoms with Crippen molar-refractivity contribution >= 4 is 11.5 Å². The number of Topliss-reactive ketones (excluding diaryl/α,β-unsaturated/α-hetero) is 1. The fourth-order valence-electron chi connectivity index (χ4n) is 1.87. The van der Waals surface area contributed by atoms with Crippen molar-refractivity contribution in [2.75, 3.05) is 18.0 Å². The highest BCUT2D eigenvalue weighted by molar-refractivity contribution is 5.91. The fourth-order valence-corrected chi connectivity index (χ4v) is 1.87. The predicted molar refractivity (Wildman–Crippen MR) is 57.8 cm³/mol. The summed E-state index contributed by atoms with van der Waals surface area (Å²) < 4.78 is 37.6. The first-order chi connectivity index (χ1) is 8.41. The Balaban J connectivity index is 2.26. The van der Waals surface area contributed by atoms with Gasteiger partial charge in [-0.05, 0) is 18.2 Å². The molecule has 0 aliphatic carbocycles. The monoisotopic (exact) mass is 254 g/mol. The third-order valence-corrected chi connectivity index (χ3v) is 2.83. The molecule has 2 rings (SSSR count). The first-order valence-corrected chi connectivity index (χ1v) is 5.26. The largest absolute Gasteiger partial charge is 0.416 e. The summed E-state index contributed by atoms with van der Waals surface area (Å²) in [6.45, 7) is 0.135. The predicted octanol–water partition coefficient (Wildman–Crippen LogP) is 2.23. The van der Waals surface area contributed by atoms with Crippen LogP contribution in [0.15, 0.2) is 24.3 Å². The first kappa shape index (κ1) is 12.4. The molecule has 0 amide bonds. The summed E-state index contributed by atoms with van der Waals surface area (Å²) in [6, 6.07) is 6.61. The highest BCUT2D eigenvalue weighted by atomic mass is 19.4. The van der Waals surface area contributed by atoms with Crippen molar-refractivity contribution in [3.8, 4) is 6.07 Å². The van der Waals surface area contributed by atoms with Crippen molar-refractivity contribution in [3.63, 3.8) is 0 Å². The van der Waals surface area contributed by atoms with Crippen molar-refractivity contribution in [1.82, 2.24) is 0 Å². The second-order valence-corrected chi connectivity index (χ2v) is 4.08. The number of hydrogen-bond acceptors (Lipinski definition) is 3. The number of carbonyl (C=O) groups excluding carboxylic acids is 1. The second kappa shape index (κ2) is 4.33. The summed E-state index contributed by atoms with van der Waals surface area (Å²) >= 11 is 0. The zero-order valence-electron chi connectivity index (χ0n) is 9.24. The Kier molecular flexibility index (Phi) is 2.99. The van der Waals surface area contributed by atoms with E-state index in [9.17, 15) is 18.0 Å². The average molecular weight is 254 g/mol. The zero-order valence-corrected chi connectivity index (χ0v) is 9.24. The summed E-state index contributed by atoms with van der Waals surface area (Å²) in [5, 5.41) is 8.71. The number of nitrogens with zero attached hydrogens (tertiary/aromatic N) is 2. The van der Waals surface area contributed by atoms with Crippen LogP contribution in [-0.4, -0.2) is 18.9 Å². The van der Waals surface area contributed by atoms with Gasteiger partial charge < -0.3 is 4.90 Å². The second-order valence-electron chi connectivity index (χ2n) is 4.08. The van der Waals surface area contributed by atoms with E-state index in [-0.39, 0.29) is 18.9 Å². The van der Waals surface area contributed by atoms with Gasteiger partial charge in [-0.15, -0.1) is 0 Å². The van der Waals surface area contributed by atoms with E-state index in [0.29, 0.717) is 5.69 Å². The highest BCUT2D eigenvalue weighted by Crippen LogP contribution is 2.32. The van der Waals surface area contributed by atoms with Crippen LogP contribution in [0.5, 0.6) is 0 Å². The van der Waals surface area contributed by atoms with E-state index in [0.717, 1.165) is 12.1 Å². The van der Waals surface area contributed by atoms with Crippen LogP contribution in [0.25, 0.3) is 0 Å². The highest BCUT2D eigenvalue weighted by Gasteiger charge is 2.33. The van der Waals surface area contributed by atoms with Crippen LogP contribution in [-0.2, 0) is 11.0 Å². The number of nitriles is 1. The molecule has 1 atom stereocenters. The van der Waals surface area contributed by atoms with Gasteiger partial charge in [-0.25, -0.2) is 0 Å². The molecule has 0 saturated carbocycles. The Morgan fingerprint density at radius 3 is 2.67 bits per heavy atom. The molecule has 0 radical (unpaired) electrons. The topological polar surface area (TPSA) is 44.1 Å². The van der Waals surface area contributed by atoms with E-state index >= 15 is 0 Å². The van der Waals surface area contributed by atoms with Crippen molar-refractivity contribution in [1.29, 1.82) is 5.26 Å². The van der Waals surface area contributed by atoms with Gasteiger partial charge in [0.15, 0.2) is 5.78 Å². The molecule has 1 fully saturated rings. The molecule has 1 saturated heterocycles. The summed E-state index contributed by atoms with van der Waals surface area (Å²) in [5.74, 6) is -1.01. The summed E-state index contributed by atoms with van der Waals surface area (Å²) in [4.78, 5) is 12.9. The van der Waals surface area contributed by atoms with Crippen molar-refractivity contribution in [2.45, 2.75) is 6.18 Å². The quantitative estimate of drug-likeness (QED) is 0.772. The molecule has 94 valence electrons. The van der Waals surface area contributed by atoms with Gasteiger partial charge in [-0.1, -0.05) is 6.07 Å². The average Bonchev–Trinajstić information content (AvgIpc) is 2.70. The SMILES string of the molecule is N#C[C@H]1CN(c2cccc(C(F)(F)F)c2)CC1=O. The number of hydrogen-bond donors (Lipinski definition) is 0. The van der Waals surface area contributed by atoms with Crippen LogP contribution in [0.3, 0.4) is 0 Å². The van der Waals surface area contributed by atoms with E-state index in [2.05, 4.69) is 0 Å². The molecular formula is C12H9F3N2O. The van der Waals surface area contributed by atoms with Crippen molar-refractivity contribution in [3.05, 3.63) is 29.8 Å². The molecule has 1 aliphatic rings. The molecule has 1 aromatic carbocycles. The van der Waals surface area contributed by atoms with E-state index in [4.69, 9.17) is 5.26 Å². The van der Waals surface area contributed by atoms with Crippen LogP contribution in [0.2, 0.25) is 0 Å². The minimum atomic E-state index is -4.41. The zero-order chi connectivity index (χ0) is 13.3. The number of alkyl halides is 3. The molecule has 0 N–H and O–H groups in total. The molecule has 0 bridgehead atoms. The van der Waals surface area contributed by atoms with E-state index in [1.54, 1.807) is 0 Å². The number of rotatable bonds is 1. The third kappa shape index (κ3) is 2.30. The molecule has 1 heterocycles. The Morgan fingerprint density at radius 2 is 2.11 bits per heavy atom. The smallest absolute Gasteiger partial charge is 0.362 e. The van der Waals surface area contributed by atoms with Crippen LogP contribution >= 0.6 is 0 Å². The molecular weight excluding hydrogens is 245 g/mol. The minimum absolute atomic E-state index is 0.0143. The lowest BCUT2D eigenvalue weighted by atomic mass is 10.1. The maximum absolute atomic E-state index is 12.5. The summed E-state index contributed by atoms with van der Waals surface area (Å²) in [6.07, 6.45) is -4.41. The van der Waals surface area contributed by atoms with Gasteiger partial charge in [-0.2, -0.15) is 18.4 Å². The lowest BCUT2D eigenvalue weighted by Gasteiger charge is -2.18. The number of carbonyl (C=O) groups is 1. The van der Waals surface area contributed by atoms with E-state index < -0.39 is 17.7 Å². The number of halogens is 3. The Hall–Kier alpha value is -2.03. The number of ketones is 1. The molecule has 1 aliphatic heterocycles. The minimum Gasteiger partial charge on any atom is -0.362 e. The van der Waals surface area contributed by atoms with Crippen LogP contribution in [0.1, 0.15) is 5.56 Å². The first-order valence-electron chi connectivity index (χ1n) is 5.26. The Labute approximate surface area is 101 Å². The molecule has 0 unspecified atom stereocenters. The van der Waals surface area contributed by atoms with E-state index in [1.807, 2.05) is 6.07 Å². The number of benzene rings is 1. The lowest BCUT2D eigenvalue weighted by molar-refractivity contribution is -0.137. The molecule has 6 heteroatoms. The van der Waals surface area contributed by atoms with Gasteiger partial charge >= 0.3 is 6.18 Å². The third-order valence-electron chi connectivity index (χ3n) is 2.83. The van der Waals surface area contributed by atoms with Crippen molar-refractivity contribution in [2.24, 2.45) is 5.92 Å². The molecule has 1 aromatic rings.